The Morgan fingerprint density at radius 3 is 2.64 bits per heavy atom. The maximum atomic E-state index is 13.2. The molecule has 0 aliphatic rings. The Hall–Kier alpha value is -3.83. The van der Waals surface area contributed by atoms with E-state index in [-0.39, 0.29) is 17.5 Å². The van der Waals surface area contributed by atoms with Gasteiger partial charge in [-0.3, -0.25) is 14.3 Å². The molecule has 136 valence electrons. The molecule has 0 aliphatic heterocycles. The molecular weight excluding hydrogens is 376 g/mol. The minimum atomic E-state index is -1.17. The molecule has 3 heterocycles. The summed E-state index contributed by atoms with van der Waals surface area (Å²) in [6.45, 7) is 0.175. The zero-order chi connectivity index (χ0) is 19.7. The maximum Gasteiger partial charge on any atom is 0.337 e. The van der Waals surface area contributed by atoms with Crippen molar-refractivity contribution in [1.29, 1.82) is 5.26 Å². The van der Waals surface area contributed by atoms with Crippen LogP contribution < -0.4 is 5.56 Å². The molecule has 3 aromatic heterocycles. The predicted octanol–water partition coefficient (Wildman–Crippen LogP) is 3.14. The van der Waals surface area contributed by atoms with Gasteiger partial charge in [-0.05, 0) is 29.8 Å². The van der Waals surface area contributed by atoms with Crippen LogP contribution in [0.15, 0.2) is 58.8 Å². The highest BCUT2D eigenvalue weighted by atomic mass is 32.1. The van der Waals surface area contributed by atoms with Crippen molar-refractivity contribution in [1.82, 2.24) is 14.5 Å². The van der Waals surface area contributed by atoms with Gasteiger partial charge in [0.25, 0.3) is 5.56 Å². The standard InChI is InChI=1S/C20H12N4O3S/c21-9-12-4-6-13(7-5-12)10-24-17(15-3-1-2-8-22-15)23-18-16(19(24)25)14(11-28-18)20(26)27/h1-8,11H,10H2,(H,26,27). The predicted molar refractivity (Wildman–Crippen MR) is 104 cm³/mol. The van der Waals surface area contributed by atoms with Gasteiger partial charge >= 0.3 is 5.97 Å². The second-order valence-electron chi connectivity index (χ2n) is 5.99. The molecule has 1 N–H and O–H groups in total. The molecule has 8 heteroatoms. The van der Waals surface area contributed by atoms with Crippen LogP contribution in [0.1, 0.15) is 21.5 Å². The van der Waals surface area contributed by atoms with Gasteiger partial charge < -0.3 is 5.11 Å². The van der Waals surface area contributed by atoms with Crippen LogP contribution in [0.5, 0.6) is 0 Å². The molecule has 0 bridgehead atoms. The van der Waals surface area contributed by atoms with E-state index in [4.69, 9.17) is 5.26 Å². The number of carboxylic acid groups (broad SMARTS) is 1. The number of fused-ring (bicyclic) bond motifs is 1. The number of hydrogen-bond donors (Lipinski definition) is 1. The average Bonchev–Trinajstić information content (AvgIpc) is 3.16. The van der Waals surface area contributed by atoms with E-state index >= 15 is 0 Å². The van der Waals surface area contributed by atoms with Gasteiger partial charge in [0.15, 0.2) is 5.82 Å². The van der Waals surface area contributed by atoms with Crippen LogP contribution >= 0.6 is 11.3 Å². The number of thiophene rings is 1. The molecule has 0 spiro atoms. The quantitative estimate of drug-likeness (QED) is 0.575. The van der Waals surface area contributed by atoms with E-state index in [0.717, 1.165) is 16.9 Å². The molecule has 7 nitrogen and oxygen atoms in total. The first-order chi connectivity index (χ1) is 13.6. The Morgan fingerprint density at radius 2 is 2.00 bits per heavy atom. The fraction of sp³-hybridized carbons (Fsp3) is 0.0500. The first-order valence-electron chi connectivity index (χ1n) is 8.24. The van der Waals surface area contributed by atoms with Gasteiger partial charge in [-0.2, -0.15) is 5.26 Å². The number of benzene rings is 1. The van der Waals surface area contributed by atoms with Crippen molar-refractivity contribution >= 4 is 27.5 Å². The van der Waals surface area contributed by atoms with Crippen LogP contribution in [0.3, 0.4) is 0 Å². The molecule has 0 saturated carbocycles. The van der Waals surface area contributed by atoms with Gasteiger partial charge in [0.1, 0.15) is 10.5 Å². The minimum Gasteiger partial charge on any atom is -0.478 e. The van der Waals surface area contributed by atoms with Gasteiger partial charge in [-0.25, -0.2) is 9.78 Å². The lowest BCUT2D eigenvalue weighted by atomic mass is 10.1. The van der Waals surface area contributed by atoms with Gasteiger partial charge in [-0.15, -0.1) is 11.3 Å². The molecule has 1 aromatic carbocycles. The summed E-state index contributed by atoms with van der Waals surface area (Å²) < 4.78 is 1.42. The summed E-state index contributed by atoms with van der Waals surface area (Å²) in [5.74, 6) is -0.804. The molecule has 0 amide bonds. The highest BCUT2D eigenvalue weighted by Crippen LogP contribution is 2.25. The third-order valence-electron chi connectivity index (χ3n) is 4.24. The normalized spacial score (nSPS) is 10.7. The van der Waals surface area contributed by atoms with Crippen LogP contribution in [0.25, 0.3) is 21.7 Å². The van der Waals surface area contributed by atoms with Crippen LogP contribution in [0.4, 0.5) is 0 Å². The Morgan fingerprint density at radius 1 is 1.21 bits per heavy atom. The van der Waals surface area contributed by atoms with Crippen molar-refractivity contribution in [2.24, 2.45) is 0 Å². The largest absolute Gasteiger partial charge is 0.478 e. The average molecular weight is 388 g/mol. The van der Waals surface area contributed by atoms with E-state index in [0.29, 0.717) is 21.9 Å². The van der Waals surface area contributed by atoms with Crippen LogP contribution in [-0.2, 0) is 6.54 Å². The van der Waals surface area contributed by atoms with Gasteiger partial charge in [0.2, 0.25) is 0 Å². The first kappa shape index (κ1) is 17.6. The fourth-order valence-electron chi connectivity index (χ4n) is 2.89. The van der Waals surface area contributed by atoms with Gasteiger partial charge in [0.05, 0.1) is 29.1 Å². The van der Waals surface area contributed by atoms with Crippen molar-refractivity contribution in [2.45, 2.75) is 6.54 Å². The third kappa shape index (κ3) is 3.04. The lowest BCUT2D eigenvalue weighted by Gasteiger charge is -2.12. The monoisotopic (exact) mass is 388 g/mol. The van der Waals surface area contributed by atoms with Gasteiger partial charge in [0, 0.05) is 11.6 Å². The molecule has 0 unspecified atom stereocenters. The van der Waals surface area contributed by atoms with E-state index in [2.05, 4.69) is 16.0 Å². The highest BCUT2D eigenvalue weighted by molar-refractivity contribution is 7.17. The van der Waals surface area contributed by atoms with Crippen LogP contribution in [0.2, 0.25) is 0 Å². The van der Waals surface area contributed by atoms with Crippen molar-refractivity contribution in [3.8, 4) is 17.6 Å². The summed E-state index contributed by atoms with van der Waals surface area (Å²) in [7, 11) is 0. The second kappa shape index (κ2) is 7.06. The third-order valence-corrected chi connectivity index (χ3v) is 5.11. The summed E-state index contributed by atoms with van der Waals surface area (Å²) in [4.78, 5) is 33.9. The zero-order valence-corrected chi connectivity index (χ0v) is 15.2. The lowest BCUT2D eigenvalue weighted by molar-refractivity contribution is 0.0699. The van der Waals surface area contributed by atoms with Crippen LogP contribution in [0, 0.1) is 11.3 Å². The van der Waals surface area contributed by atoms with E-state index in [1.807, 2.05) is 0 Å². The second-order valence-corrected chi connectivity index (χ2v) is 6.84. The molecule has 0 saturated heterocycles. The lowest BCUT2D eigenvalue weighted by Crippen LogP contribution is -2.25. The molecular formula is C20H12N4O3S. The number of rotatable bonds is 4. The summed E-state index contributed by atoms with van der Waals surface area (Å²) in [6, 6.07) is 14.2. The molecule has 4 rings (SSSR count). The molecule has 0 atom stereocenters. The molecule has 0 radical (unpaired) electrons. The number of pyridine rings is 1. The first-order valence-corrected chi connectivity index (χ1v) is 9.12. The number of aromatic nitrogens is 3. The molecule has 28 heavy (non-hydrogen) atoms. The topological polar surface area (TPSA) is 109 Å². The summed E-state index contributed by atoms with van der Waals surface area (Å²) in [5.41, 5.74) is 1.32. The number of nitrogens with zero attached hydrogens (tertiary/aromatic N) is 4. The van der Waals surface area contributed by atoms with E-state index < -0.39 is 11.5 Å². The van der Waals surface area contributed by atoms with E-state index in [1.54, 1.807) is 48.7 Å². The molecule has 4 aromatic rings. The maximum absolute atomic E-state index is 13.2. The Balaban J connectivity index is 1.96. The Bertz CT molecular complexity index is 1290. The van der Waals surface area contributed by atoms with Crippen molar-refractivity contribution in [3.63, 3.8) is 0 Å². The smallest absolute Gasteiger partial charge is 0.337 e. The fourth-order valence-corrected chi connectivity index (χ4v) is 3.79. The summed E-state index contributed by atoms with van der Waals surface area (Å²) in [6.07, 6.45) is 1.61. The SMILES string of the molecule is N#Cc1ccc(Cn2c(-c3ccccn3)nc3scc(C(=O)O)c3c2=O)cc1. The van der Waals surface area contributed by atoms with E-state index in [1.165, 1.54) is 9.95 Å². The van der Waals surface area contributed by atoms with Crippen molar-refractivity contribution in [2.75, 3.05) is 0 Å². The van der Waals surface area contributed by atoms with E-state index in [9.17, 15) is 14.7 Å². The van der Waals surface area contributed by atoms with Crippen LogP contribution in [-0.4, -0.2) is 25.6 Å². The summed E-state index contributed by atoms with van der Waals surface area (Å²) in [5, 5.41) is 19.9. The Labute approximate surface area is 162 Å². The number of nitriles is 1. The summed E-state index contributed by atoms with van der Waals surface area (Å²) >= 11 is 1.12. The highest BCUT2D eigenvalue weighted by Gasteiger charge is 2.20. The zero-order valence-electron chi connectivity index (χ0n) is 14.4. The number of carboxylic acids is 1. The van der Waals surface area contributed by atoms with Crippen molar-refractivity contribution < 1.29 is 9.90 Å². The van der Waals surface area contributed by atoms with Gasteiger partial charge in [-0.1, -0.05) is 18.2 Å². The number of carbonyl (C=O) groups is 1. The number of hydrogen-bond acceptors (Lipinski definition) is 6. The van der Waals surface area contributed by atoms with Crippen molar-refractivity contribution in [3.05, 3.63) is 81.1 Å². The molecule has 0 fully saturated rings. The molecule has 0 aliphatic carbocycles. The Kier molecular flexibility index (Phi) is 4.43. The minimum absolute atomic E-state index is 0.0568. The number of aromatic carboxylic acids is 1.